The largest absolute Gasteiger partial charge is 0.465 e. The van der Waals surface area contributed by atoms with Gasteiger partial charge in [0.25, 0.3) is 0 Å². The molecule has 6 heteroatoms. The zero-order valence-corrected chi connectivity index (χ0v) is 18.4. The Hall–Kier alpha value is -3.85. The summed E-state index contributed by atoms with van der Waals surface area (Å²) in [6, 6.07) is 18.3. The monoisotopic (exact) mass is 427 g/mol. The van der Waals surface area contributed by atoms with E-state index in [-0.39, 0.29) is 16.9 Å². The summed E-state index contributed by atoms with van der Waals surface area (Å²) in [4.78, 5) is 27.8. The van der Waals surface area contributed by atoms with Crippen molar-refractivity contribution in [3.05, 3.63) is 88.3 Å². The second kappa shape index (κ2) is 8.01. The standard InChI is InChI=1S/C26H25N3O3/c1-26(2)13-20-22(21(30)14-26)23(28)18(15-27)24(16-9-5-4-6-10-16)29(20)19-12-8-7-11-17(19)25(31)32-3/h4-12,24H,13-14,28H2,1-3H3. The zero-order chi connectivity index (χ0) is 23.0. The number of allylic oxidation sites excluding steroid dienone is 2. The number of hydrogen-bond acceptors (Lipinski definition) is 6. The number of ether oxygens (including phenoxy) is 1. The van der Waals surface area contributed by atoms with Crippen molar-refractivity contribution in [1.82, 2.24) is 0 Å². The smallest absolute Gasteiger partial charge is 0.339 e. The van der Waals surface area contributed by atoms with Crippen LogP contribution in [0.5, 0.6) is 0 Å². The molecule has 2 aromatic carbocycles. The Morgan fingerprint density at radius 3 is 2.44 bits per heavy atom. The van der Waals surface area contributed by atoms with Crippen LogP contribution in [-0.2, 0) is 9.53 Å². The highest BCUT2D eigenvalue weighted by Crippen LogP contribution is 2.50. The van der Waals surface area contributed by atoms with Gasteiger partial charge in [-0.3, -0.25) is 4.79 Å². The number of Topliss-reactive ketones (excluding diaryl/α,β-unsaturated/α-hetero) is 1. The van der Waals surface area contributed by atoms with Crippen LogP contribution in [0.2, 0.25) is 0 Å². The first kappa shape index (κ1) is 21.4. The van der Waals surface area contributed by atoms with Gasteiger partial charge in [0.05, 0.1) is 47.3 Å². The van der Waals surface area contributed by atoms with Crippen LogP contribution in [0.25, 0.3) is 0 Å². The molecule has 0 bridgehead atoms. The van der Waals surface area contributed by atoms with E-state index in [4.69, 9.17) is 10.5 Å². The molecule has 2 aliphatic rings. The number of esters is 1. The fraction of sp³-hybridized carbons (Fsp3) is 0.269. The SMILES string of the molecule is COC(=O)c1ccccc1N1C2=C(C(=O)CC(C)(C)C2)C(N)=C(C#N)C1c1ccccc1. The molecule has 0 aromatic heterocycles. The van der Waals surface area contributed by atoms with Crippen molar-refractivity contribution in [3.8, 4) is 6.07 Å². The lowest BCUT2D eigenvalue weighted by molar-refractivity contribution is -0.117. The molecule has 4 rings (SSSR count). The maximum absolute atomic E-state index is 13.2. The van der Waals surface area contributed by atoms with Gasteiger partial charge in [-0.25, -0.2) is 4.79 Å². The highest BCUT2D eigenvalue weighted by atomic mass is 16.5. The van der Waals surface area contributed by atoms with Crippen LogP contribution in [0.1, 0.15) is 48.7 Å². The first-order valence-corrected chi connectivity index (χ1v) is 10.5. The molecule has 0 saturated carbocycles. The molecule has 1 atom stereocenters. The van der Waals surface area contributed by atoms with E-state index in [0.29, 0.717) is 35.2 Å². The predicted molar refractivity (Wildman–Crippen MR) is 121 cm³/mol. The van der Waals surface area contributed by atoms with Crippen molar-refractivity contribution < 1.29 is 14.3 Å². The number of anilines is 1. The van der Waals surface area contributed by atoms with Crippen molar-refractivity contribution in [3.63, 3.8) is 0 Å². The van der Waals surface area contributed by atoms with Gasteiger partial charge in [-0.2, -0.15) is 5.26 Å². The summed E-state index contributed by atoms with van der Waals surface area (Å²) in [7, 11) is 1.33. The molecular formula is C26H25N3O3. The summed E-state index contributed by atoms with van der Waals surface area (Å²) in [5, 5.41) is 10.1. The second-order valence-corrected chi connectivity index (χ2v) is 8.89. The van der Waals surface area contributed by atoms with Crippen molar-refractivity contribution in [2.45, 2.75) is 32.7 Å². The third kappa shape index (κ3) is 3.46. The molecule has 0 radical (unpaired) electrons. The van der Waals surface area contributed by atoms with Crippen molar-refractivity contribution in [2.24, 2.45) is 11.1 Å². The predicted octanol–water partition coefficient (Wildman–Crippen LogP) is 4.41. The third-order valence-electron chi connectivity index (χ3n) is 6.04. The Labute approximate surface area is 187 Å². The topological polar surface area (TPSA) is 96.4 Å². The molecule has 1 heterocycles. The van der Waals surface area contributed by atoms with Gasteiger partial charge in [0.2, 0.25) is 0 Å². The Morgan fingerprint density at radius 2 is 1.78 bits per heavy atom. The van der Waals surface area contributed by atoms with E-state index in [0.717, 1.165) is 11.3 Å². The van der Waals surface area contributed by atoms with Crippen LogP contribution in [0.3, 0.4) is 0 Å². The third-order valence-corrected chi connectivity index (χ3v) is 6.04. The molecule has 1 aliphatic carbocycles. The van der Waals surface area contributed by atoms with E-state index >= 15 is 0 Å². The maximum Gasteiger partial charge on any atom is 0.339 e. The van der Waals surface area contributed by atoms with E-state index in [2.05, 4.69) is 6.07 Å². The Bertz CT molecular complexity index is 1200. The first-order chi connectivity index (χ1) is 15.3. The Morgan fingerprint density at radius 1 is 1.12 bits per heavy atom. The molecular weight excluding hydrogens is 402 g/mol. The molecule has 6 nitrogen and oxygen atoms in total. The van der Waals surface area contributed by atoms with Crippen molar-refractivity contribution in [1.29, 1.82) is 5.26 Å². The average Bonchev–Trinajstić information content (AvgIpc) is 2.77. The van der Waals surface area contributed by atoms with Gasteiger partial charge in [0.15, 0.2) is 5.78 Å². The van der Waals surface area contributed by atoms with Crippen molar-refractivity contribution in [2.75, 3.05) is 12.0 Å². The van der Waals surface area contributed by atoms with E-state index in [1.54, 1.807) is 12.1 Å². The van der Waals surface area contributed by atoms with Crippen molar-refractivity contribution >= 4 is 17.4 Å². The van der Waals surface area contributed by atoms with Gasteiger partial charge in [-0.15, -0.1) is 0 Å². The molecule has 0 saturated heterocycles. The molecule has 32 heavy (non-hydrogen) atoms. The lowest BCUT2D eigenvalue weighted by Gasteiger charge is -2.45. The van der Waals surface area contributed by atoms with Crippen LogP contribution in [-0.4, -0.2) is 18.9 Å². The first-order valence-electron chi connectivity index (χ1n) is 10.5. The average molecular weight is 428 g/mol. The number of rotatable bonds is 3. The highest BCUT2D eigenvalue weighted by Gasteiger charge is 2.44. The number of carbonyl (C=O) groups is 2. The molecule has 2 N–H and O–H groups in total. The fourth-order valence-corrected chi connectivity index (χ4v) is 4.69. The lowest BCUT2D eigenvalue weighted by atomic mass is 9.72. The minimum atomic E-state index is -0.576. The van der Waals surface area contributed by atoms with Crippen LogP contribution in [0.4, 0.5) is 5.69 Å². The highest BCUT2D eigenvalue weighted by molar-refractivity contribution is 6.04. The number of benzene rings is 2. The Kier molecular flexibility index (Phi) is 5.35. The summed E-state index contributed by atoms with van der Waals surface area (Å²) >= 11 is 0. The second-order valence-electron chi connectivity index (χ2n) is 8.89. The van der Waals surface area contributed by atoms with Crippen LogP contribution in [0, 0.1) is 16.7 Å². The quantitative estimate of drug-likeness (QED) is 0.729. The summed E-state index contributed by atoms with van der Waals surface area (Å²) in [5.41, 5.74) is 9.59. The molecule has 0 spiro atoms. The zero-order valence-electron chi connectivity index (χ0n) is 18.4. The number of carbonyl (C=O) groups excluding carboxylic acids is 2. The number of methoxy groups -OCH3 is 1. The molecule has 1 unspecified atom stereocenters. The van der Waals surface area contributed by atoms with E-state index in [9.17, 15) is 14.9 Å². The van der Waals surface area contributed by atoms with Gasteiger partial charge in [-0.1, -0.05) is 56.3 Å². The molecule has 162 valence electrons. The minimum absolute atomic E-state index is 0.0893. The fourth-order valence-electron chi connectivity index (χ4n) is 4.69. The molecule has 0 amide bonds. The number of ketones is 1. The molecule has 0 fully saturated rings. The summed E-state index contributed by atoms with van der Waals surface area (Å²) in [5.74, 6) is -0.578. The van der Waals surface area contributed by atoms with Gasteiger partial charge >= 0.3 is 5.97 Å². The normalized spacial score (nSPS) is 20.0. The van der Waals surface area contributed by atoms with Crippen LogP contribution >= 0.6 is 0 Å². The van der Waals surface area contributed by atoms with Gasteiger partial charge in [-0.05, 0) is 29.5 Å². The number of hydrogen-bond donors (Lipinski definition) is 1. The molecule has 1 aliphatic heterocycles. The number of nitrogens with zero attached hydrogens (tertiary/aromatic N) is 2. The van der Waals surface area contributed by atoms with Gasteiger partial charge in [0, 0.05) is 12.1 Å². The number of nitriles is 1. The summed E-state index contributed by atoms with van der Waals surface area (Å²) < 4.78 is 5.03. The van der Waals surface area contributed by atoms with Gasteiger partial charge in [0.1, 0.15) is 0 Å². The number of para-hydroxylation sites is 1. The van der Waals surface area contributed by atoms with Gasteiger partial charge < -0.3 is 15.4 Å². The lowest BCUT2D eigenvalue weighted by Crippen LogP contribution is -2.42. The minimum Gasteiger partial charge on any atom is -0.465 e. The number of nitrogens with two attached hydrogens (primary N) is 1. The summed E-state index contributed by atoms with van der Waals surface area (Å²) in [6.45, 7) is 4.08. The Balaban J connectivity index is 2.07. The van der Waals surface area contributed by atoms with Crippen LogP contribution < -0.4 is 10.6 Å². The van der Waals surface area contributed by atoms with E-state index in [1.165, 1.54) is 7.11 Å². The summed E-state index contributed by atoms with van der Waals surface area (Å²) in [6.07, 6.45) is 0.917. The van der Waals surface area contributed by atoms with E-state index in [1.807, 2.05) is 61.2 Å². The maximum atomic E-state index is 13.2. The molecule has 2 aromatic rings. The van der Waals surface area contributed by atoms with Crippen LogP contribution in [0.15, 0.2) is 77.1 Å². The van der Waals surface area contributed by atoms with E-state index < -0.39 is 12.0 Å².